The smallest absolute Gasteiger partial charge is 0.0603 e. The van der Waals surface area contributed by atoms with Crippen LogP contribution in [-0.4, -0.2) is 11.2 Å². The second-order valence-electron chi connectivity index (χ2n) is 2.81. The van der Waals surface area contributed by atoms with Crippen LogP contribution in [0.1, 0.15) is 12.8 Å². The highest BCUT2D eigenvalue weighted by atomic mass is 16.3. The van der Waals surface area contributed by atoms with E-state index in [2.05, 4.69) is 6.42 Å². The molecular weight excluding hydrogens is 100 g/mol. The topological polar surface area (TPSA) is 20.2 Å². The molecule has 2 fully saturated rings. The second kappa shape index (κ2) is 1.47. The SMILES string of the molecule is OC1[CH]C2[CH]CC1C2. The van der Waals surface area contributed by atoms with Crippen molar-refractivity contribution in [1.29, 1.82) is 0 Å². The Morgan fingerprint density at radius 1 is 1.50 bits per heavy atom. The Morgan fingerprint density at radius 3 is 2.62 bits per heavy atom. The lowest BCUT2D eigenvalue weighted by Crippen LogP contribution is -2.15. The van der Waals surface area contributed by atoms with Crippen molar-refractivity contribution in [3.63, 3.8) is 0 Å². The number of rotatable bonds is 0. The monoisotopic (exact) mass is 110 g/mol. The molecule has 0 heterocycles. The Balaban J connectivity index is 2.11. The van der Waals surface area contributed by atoms with Crippen molar-refractivity contribution < 1.29 is 5.11 Å². The molecule has 1 heteroatoms. The first-order valence-electron chi connectivity index (χ1n) is 3.22. The molecule has 3 atom stereocenters. The van der Waals surface area contributed by atoms with Crippen LogP contribution in [-0.2, 0) is 0 Å². The van der Waals surface area contributed by atoms with Gasteiger partial charge in [-0.1, -0.05) is 0 Å². The quantitative estimate of drug-likeness (QED) is 0.489. The summed E-state index contributed by atoms with van der Waals surface area (Å²) in [5.74, 6) is 1.23. The Bertz CT molecular complexity index is 98.6. The third-order valence-corrected chi connectivity index (χ3v) is 2.24. The fraction of sp³-hybridized carbons (Fsp3) is 0.714. The van der Waals surface area contributed by atoms with Gasteiger partial charge in [0.1, 0.15) is 0 Å². The van der Waals surface area contributed by atoms with Crippen molar-refractivity contribution in [2.45, 2.75) is 18.9 Å². The van der Waals surface area contributed by atoms with Gasteiger partial charge in [0, 0.05) is 0 Å². The molecule has 44 valence electrons. The predicted molar refractivity (Wildman–Crippen MR) is 30.8 cm³/mol. The van der Waals surface area contributed by atoms with Crippen LogP contribution in [0.15, 0.2) is 0 Å². The highest BCUT2D eigenvalue weighted by molar-refractivity contribution is 5.09. The minimum atomic E-state index is -0.0787. The summed E-state index contributed by atoms with van der Waals surface area (Å²) in [6.07, 6.45) is 6.62. The molecular formula is C7H10O. The van der Waals surface area contributed by atoms with Crippen LogP contribution >= 0.6 is 0 Å². The summed E-state index contributed by atoms with van der Waals surface area (Å²) in [4.78, 5) is 0. The van der Waals surface area contributed by atoms with E-state index < -0.39 is 0 Å². The zero-order valence-electron chi connectivity index (χ0n) is 4.75. The summed E-state index contributed by atoms with van der Waals surface area (Å²) in [6, 6.07) is 0. The zero-order chi connectivity index (χ0) is 5.56. The summed E-state index contributed by atoms with van der Waals surface area (Å²) in [5, 5.41) is 9.14. The number of fused-ring (bicyclic) bond motifs is 2. The highest BCUT2D eigenvalue weighted by Gasteiger charge is 2.38. The normalized spacial score (nSPS) is 52.9. The number of aliphatic hydroxyl groups excluding tert-OH is 1. The van der Waals surface area contributed by atoms with Gasteiger partial charge in [0.25, 0.3) is 0 Å². The molecule has 0 spiro atoms. The van der Waals surface area contributed by atoms with E-state index >= 15 is 0 Å². The molecule has 1 nitrogen and oxygen atoms in total. The molecule has 2 saturated carbocycles. The van der Waals surface area contributed by atoms with E-state index in [4.69, 9.17) is 5.11 Å². The first-order chi connectivity index (χ1) is 3.86. The summed E-state index contributed by atoms with van der Waals surface area (Å²) < 4.78 is 0. The first kappa shape index (κ1) is 4.80. The molecule has 2 aliphatic carbocycles. The van der Waals surface area contributed by atoms with E-state index in [0.717, 1.165) is 6.42 Å². The molecule has 0 aliphatic heterocycles. The van der Waals surface area contributed by atoms with E-state index in [1.165, 1.54) is 6.42 Å². The van der Waals surface area contributed by atoms with Crippen molar-refractivity contribution in [2.24, 2.45) is 11.8 Å². The van der Waals surface area contributed by atoms with Crippen LogP contribution in [0.4, 0.5) is 0 Å². The third kappa shape index (κ3) is 0.510. The van der Waals surface area contributed by atoms with Crippen molar-refractivity contribution in [3.05, 3.63) is 12.8 Å². The van der Waals surface area contributed by atoms with Crippen LogP contribution in [0.5, 0.6) is 0 Å². The molecule has 0 aromatic rings. The average Bonchev–Trinajstić information content (AvgIpc) is 2.23. The van der Waals surface area contributed by atoms with Gasteiger partial charge in [-0.2, -0.15) is 0 Å². The molecule has 3 unspecified atom stereocenters. The maximum Gasteiger partial charge on any atom is 0.0603 e. The van der Waals surface area contributed by atoms with Crippen molar-refractivity contribution >= 4 is 0 Å². The summed E-state index contributed by atoms with van der Waals surface area (Å²) in [5.41, 5.74) is 0. The van der Waals surface area contributed by atoms with Crippen LogP contribution in [0.25, 0.3) is 0 Å². The van der Waals surface area contributed by atoms with Crippen molar-refractivity contribution in [1.82, 2.24) is 0 Å². The standard InChI is InChI=1S/C7H10O/c8-7-4-5-1-2-6(7)3-5/h1,4-8H,2-3H2. The predicted octanol–water partition coefficient (Wildman–Crippen LogP) is 0.796. The number of aliphatic hydroxyl groups is 1. The van der Waals surface area contributed by atoms with Gasteiger partial charge in [-0.3, -0.25) is 0 Å². The van der Waals surface area contributed by atoms with Crippen LogP contribution in [0, 0.1) is 24.7 Å². The molecule has 0 aromatic carbocycles. The van der Waals surface area contributed by atoms with Gasteiger partial charge in [0.05, 0.1) is 6.10 Å². The number of hydrogen-bond donors (Lipinski definition) is 1. The Kier molecular flexibility index (Phi) is 0.884. The van der Waals surface area contributed by atoms with Gasteiger partial charge >= 0.3 is 0 Å². The first-order valence-corrected chi connectivity index (χ1v) is 3.22. The van der Waals surface area contributed by atoms with Gasteiger partial charge in [-0.15, -0.1) is 0 Å². The van der Waals surface area contributed by atoms with Gasteiger partial charge in [-0.05, 0) is 37.5 Å². The van der Waals surface area contributed by atoms with Crippen LogP contribution < -0.4 is 0 Å². The van der Waals surface area contributed by atoms with E-state index in [-0.39, 0.29) is 6.10 Å². The summed E-state index contributed by atoms with van der Waals surface area (Å²) in [6.45, 7) is 0. The third-order valence-electron chi connectivity index (χ3n) is 2.24. The van der Waals surface area contributed by atoms with E-state index in [1.807, 2.05) is 6.42 Å². The van der Waals surface area contributed by atoms with Crippen molar-refractivity contribution in [3.8, 4) is 0 Å². The average molecular weight is 110 g/mol. The van der Waals surface area contributed by atoms with Crippen LogP contribution in [0.2, 0.25) is 0 Å². The van der Waals surface area contributed by atoms with Gasteiger partial charge in [0.2, 0.25) is 0 Å². The minimum absolute atomic E-state index is 0.0787. The fourth-order valence-corrected chi connectivity index (χ4v) is 1.74. The lowest BCUT2D eigenvalue weighted by atomic mass is 9.98. The molecule has 1 N–H and O–H groups in total. The fourth-order valence-electron chi connectivity index (χ4n) is 1.74. The Hall–Kier alpha value is -0.0400. The highest BCUT2D eigenvalue weighted by Crippen LogP contribution is 2.42. The van der Waals surface area contributed by atoms with Crippen molar-refractivity contribution in [2.75, 3.05) is 0 Å². The van der Waals surface area contributed by atoms with Gasteiger partial charge < -0.3 is 5.11 Å². The maximum absolute atomic E-state index is 9.14. The van der Waals surface area contributed by atoms with E-state index in [1.54, 1.807) is 0 Å². The maximum atomic E-state index is 9.14. The van der Waals surface area contributed by atoms with Gasteiger partial charge in [-0.25, -0.2) is 0 Å². The molecule has 2 radical (unpaired) electrons. The Morgan fingerprint density at radius 2 is 2.38 bits per heavy atom. The lowest BCUT2D eigenvalue weighted by Gasteiger charge is -2.13. The molecule has 2 rings (SSSR count). The molecule has 0 amide bonds. The van der Waals surface area contributed by atoms with Crippen LogP contribution in [0.3, 0.4) is 0 Å². The Labute approximate surface area is 49.7 Å². The molecule has 0 saturated heterocycles. The van der Waals surface area contributed by atoms with Gasteiger partial charge in [0.15, 0.2) is 0 Å². The zero-order valence-corrected chi connectivity index (χ0v) is 4.75. The molecule has 8 heavy (non-hydrogen) atoms. The minimum Gasteiger partial charge on any atom is -0.393 e. The molecule has 0 aromatic heterocycles. The summed E-state index contributed by atoms with van der Waals surface area (Å²) in [7, 11) is 0. The molecule has 2 bridgehead atoms. The van der Waals surface area contributed by atoms with E-state index in [0.29, 0.717) is 11.8 Å². The lowest BCUT2D eigenvalue weighted by molar-refractivity contribution is 0.157. The number of hydrogen-bond acceptors (Lipinski definition) is 1. The largest absolute Gasteiger partial charge is 0.393 e. The molecule has 2 aliphatic rings. The summed E-state index contributed by atoms with van der Waals surface area (Å²) >= 11 is 0. The van der Waals surface area contributed by atoms with E-state index in [9.17, 15) is 0 Å². The second-order valence-corrected chi connectivity index (χ2v) is 2.81.